The highest BCUT2D eigenvalue weighted by molar-refractivity contribution is 5.97. The van der Waals surface area contributed by atoms with E-state index in [1.165, 1.54) is 0 Å². The number of carbonyl (C=O) groups excluding carboxylic acids is 2. The Labute approximate surface area is 149 Å². The Bertz CT molecular complexity index is 592. The van der Waals surface area contributed by atoms with Gasteiger partial charge in [0.1, 0.15) is 0 Å². The van der Waals surface area contributed by atoms with Crippen LogP contribution in [0.2, 0.25) is 0 Å². The van der Waals surface area contributed by atoms with Crippen molar-refractivity contribution in [3.8, 4) is 0 Å². The molecular weight excluding hydrogens is 318 g/mol. The van der Waals surface area contributed by atoms with Gasteiger partial charge in [-0.05, 0) is 44.0 Å². The van der Waals surface area contributed by atoms with Gasteiger partial charge in [0, 0.05) is 24.3 Å². The van der Waals surface area contributed by atoms with Gasteiger partial charge in [-0.25, -0.2) is 0 Å². The van der Waals surface area contributed by atoms with Gasteiger partial charge in [-0.2, -0.15) is 0 Å². The third-order valence-corrected chi connectivity index (χ3v) is 4.67. The molecule has 0 bridgehead atoms. The third-order valence-electron chi connectivity index (χ3n) is 4.67. The van der Waals surface area contributed by atoms with Crippen molar-refractivity contribution in [2.24, 2.45) is 11.7 Å². The Morgan fingerprint density at radius 2 is 1.80 bits per heavy atom. The fourth-order valence-electron chi connectivity index (χ4n) is 2.96. The summed E-state index contributed by atoms with van der Waals surface area (Å²) in [5.74, 6) is -0.105. The molecule has 2 amide bonds. The first-order chi connectivity index (χ1) is 11.8. The summed E-state index contributed by atoms with van der Waals surface area (Å²) in [5.41, 5.74) is 7.18. The summed E-state index contributed by atoms with van der Waals surface area (Å²) < 4.78 is 5.66. The van der Waals surface area contributed by atoms with Crippen LogP contribution in [0.1, 0.15) is 44.5 Å². The summed E-state index contributed by atoms with van der Waals surface area (Å²) in [7, 11) is 0. The van der Waals surface area contributed by atoms with Crippen LogP contribution in [0.4, 0.5) is 5.69 Å². The van der Waals surface area contributed by atoms with Crippen molar-refractivity contribution >= 4 is 17.5 Å². The maximum atomic E-state index is 12.6. The largest absolute Gasteiger partial charge is 0.372 e. The van der Waals surface area contributed by atoms with Gasteiger partial charge in [0.05, 0.1) is 18.2 Å². The highest BCUT2D eigenvalue weighted by atomic mass is 16.5. The number of nitrogens with zero attached hydrogens (tertiary/aromatic N) is 1. The zero-order valence-corrected chi connectivity index (χ0v) is 15.5. The highest BCUT2D eigenvalue weighted by Crippen LogP contribution is 2.17. The molecule has 138 valence electrons. The van der Waals surface area contributed by atoms with E-state index in [0.29, 0.717) is 24.3 Å². The Balaban J connectivity index is 1.99. The first-order valence-corrected chi connectivity index (χ1v) is 8.93. The van der Waals surface area contributed by atoms with Gasteiger partial charge < -0.3 is 20.7 Å². The number of hydrogen-bond donors (Lipinski definition) is 2. The van der Waals surface area contributed by atoms with Gasteiger partial charge in [0.15, 0.2) is 0 Å². The van der Waals surface area contributed by atoms with Crippen LogP contribution in [0.3, 0.4) is 0 Å². The van der Waals surface area contributed by atoms with Gasteiger partial charge in [-0.3, -0.25) is 9.59 Å². The van der Waals surface area contributed by atoms with Crippen molar-refractivity contribution in [3.05, 3.63) is 29.8 Å². The molecule has 25 heavy (non-hydrogen) atoms. The first-order valence-electron chi connectivity index (χ1n) is 8.93. The molecule has 0 spiro atoms. The summed E-state index contributed by atoms with van der Waals surface area (Å²) in [6, 6.07) is 6.40. The van der Waals surface area contributed by atoms with Crippen molar-refractivity contribution in [1.82, 2.24) is 4.90 Å². The van der Waals surface area contributed by atoms with Crippen molar-refractivity contribution in [1.29, 1.82) is 0 Å². The van der Waals surface area contributed by atoms with E-state index in [-0.39, 0.29) is 29.9 Å². The van der Waals surface area contributed by atoms with Gasteiger partial charge in [-0.1, -0.05) is 20.3 Å². The highest BCUT2D eigenvalue weighted by Gasteiger charge is 2.26. The molecule has 4 atom stereocenters. The fraction of sp³-hybridized carbons (Fsp3) is 0.579. The Hall–Kier alpha value is -1.92. The van der Waals surface area contributed by atoms with Gasteiger partial charge in [-0.15, -0.1) is 0 Å². The molecule has 6 nitrogen and oxygen atoms in total. The molecule has 1 heterocycles. The average Bonchev–Trinajstić information content (AvgIpc) is 2.59. The van der Waals surface area contributed by atoms with Gasteiger partial charge >= 0.3 is 0 Å². The molecule has 1 aliphatic heterocycles. The van der Waals surface area contributed by atoms with Crippen molar-refractivity contribution in [3.63, 3.8) is 0 Å². The predicted octanol–water partition coefficient (Wildman–Crippen LogP) is 2.25. The van der Waals surface area contributed by atoms with Crippen LogP contribution in [-0.4, -0.2) is 48.1 Å². The Morgan fingerprint density at radius 1 is 1.24 bits per heavy atom. The van der Waals surface area contributed by atoms with E-state index in [0.717, 1.165) is 6.42 Å². The number of morpholine rings is 1. The van der Waals surface area contributed by atoms with Crippen molar-refractivity contribution in [2.75, 3.05) is 18.4 Å². The van der Waals surface area contributed by atoms with Crippen LogP contribution in [0, 0.1) is 5.92 Å². The van der Waals surface area contributed by atoms with E-state index in [1.54, 1.807) is 24.3 Å². The van der Waals surface area contributed by atoms with E-state index in [9.17, 15) is 9.59 Å². The van der Waals surface area contributed by atoms with E-state index in [2.05, 4.69) is 5.32 Å². The number of nitrogens with one attached hydrogen (secondary N) is 1. The molecule has 2 rings (SSSR count). The lowest BCUT2D eigenvalue weighted by molar-refractivity contribution is -0.118. The van der Waals surface area contributed by atoms with Crippen molar-refractivity contribution in [2.45, 2.75) is 52.4 Å². The van der Waals surface area contributed by atoms with Gasteiger partial charge in [0.25, 0.3) is 5.91 Å². The smallest absolute Gasteiger partial charge is 0.254 e. The van der Waals surface area contributed by atoms with E-state index >= 15 is 0 Å². The number of benzene rings is 1. The van der Waals surface area contributed by atoms with E-state index in [1.807, 2.05) is 32.6 Å². The minimum Gasteiger partial charge on any atom is -0.372 e. The standard InChI is InChI=1S/C19H29N3O3/c1-5-12(2)17(20)18(23)21-16-8-6-15(7-9-16)19(24)22-10-13(3)25-14(4)11-22/h6-9,12-14,17H,5,10-11,20H2,1-4H3,(H,21,23). The molecule has 0 aromatic heterocycles. The average molecular weight is 347 g/mol. The molecule has 1 aromatic carbocycles. The second-order valence-corrected chi connectivity index (χ2v) is 6.95. The normalized spacial score (nSPS) is 23.0. The molecule has 0 saturated carbocycles. The zero-order valence-electron chi connectivity index (χ0n) is 15.5. The quantitative estimate of drug-likeness (QED) is 0.855. The minimum atomic E-state index is -0.539. The number of carbonyl (C=O) groups is 2. The molecule has 1 aromatic rings. The summed E-state index contributed by atoms with van der Waals surface area (Å²) in [5, 5.41) is 2.81. The first kappa shape index (κ1) is 19.4. The Morgan fingerprint density at radius 3 is 2.32 bits per heavy atom. The molecule has 0 aliphatic carbocycles. The lowest BCUT2D eigenvalue weighted by Gasteiger charge is -2.35. The van der Waals surface area contributed by atoms with Crippen LogP contribution < -0.4 is 11.1 Å². The number of rotatable bonds is 5. The lowest BCUT2D eigenvalue weighted by atomic mass is 9.99. The van der Waals surface area contributed by atoms with Crippen LogP contribution >= 0.6 is 0 Å². The van der Waals surface area contributed by atoms with Crippen LogP contribution in [0.15, 0.2) is 24.3 Å². The maximum absolute atomic E-state index is 12.6. The molecule has 4 unspecified atom stereocenters. The Kier molecular flexibility index (Phi) is 6.56. The SMILES string of the molecule is CCC(C)C(N)C(=O)Nc1ccc(C(=O)N2CC(C)OC(C)C2)cc1. The number of ether oxygens (including phenoxy) is 1. The number of nitrogens with two attached hydrogens (primary N) is 1. The maximum Gasteiger partial charge on any atom is 0.254 e. The molecular formula is C19H29N3O3. The van der Waals surface area contributed by atoms with Crippen LogP contribution in [0.5, 0.6) is 0 Å². The second kappa shape index (κ2) is 8.45. The molecule has 0 radical (unpaired) electrons. The number of anilines is 1. The summed E-state index contributed by atoms with van der Waals surface area (Å²) in [4.78, 5) is 26.6. The van der Waals surface area contributed by atoms with Crippen molar-refractivity contribution < 1.29 is 14.3 Å². The lowest BCUT2D eigenvalue weighted by Crippen LogP contribution is -2.48. The summed E-state index contributed by atoms with van der Waals surface area (Å²) in [6.07, 6.45) is 0.917. The molecule has 1 aliphatic rings. The topological polar surface area (TPSA) is 84.7 Å². The van der Waals surface area contributed by atoms with E-state index in [4.69, 9.17) is 10.5 Å². The van der Waals surface area contributed by atoms with Crippen LogP contribution in [0.25, 0.3) is 0 Å². The summed E-state index contributed by atoms with van der Waals surface area (Å²) >= 11 is 0. The number of hydrogen-bond acceptors (Lipinski definition) is 4. The molecule has 6 heteroatoms. The minimum absolute atomic E-state index is 0.0174. The molecule has 3 N–H and O–H groups in total. The summed E-state index contributed by atoms with van der Waals surface area (Å²) in [6.45, 7) is 9.07. The van der Waals surface area contributed by atoms with E-state index < -0.39 is 6.04 Å². The third kappa shape index (κ3) is 5.03. The molecule has 1 fully saturated rings. The monoisotopic (exact) mass is 347 g/mol. The molecule has 1 saturated heterocycles. The van der Waals surface area contributed by atoms with Gasteiger partial charge in [0.2, 0.25) is 5.91 Å². The number of amides is 2. The van der Waals surface area contributed by atoms with Crippen LogP contribution in [-0.2, 0) is 9.53 Å². The second-order valence-electron chi connectivity index (χ2n) is 6.95. The fourth-order valence-corrected chi connectivity index (χ4v) is 2.96. The predicted molar refractivity (Wildman–Crippen MR) is 98.4 cm³/mol. The zero-order chi connectivity index (χ0) is 18.6.